The van der Waals surface area contributed by atoms with Gasteiger partial charge in [-0.1, -0.05) is 29.3 Å². The highest BCUT2D eigenvalue weighted by molar-refractivity contribution is 6.36. The summed E-state index contributed by atoms with van der Waals surface area (Å²) in [6, 6.07) is 5.45. The third-order valence-corrected chi connectivity index (χ3v) is 3.74. The van der Waals surface area contributed by atoms with E-state index in [9.17, 15) is 0 Å². The summed E-state index contributed by atoms with van der Waals surface area (Å²) in [7, 11) is 1.80. The molecule has 1 aromatic carbocycles. The maximum absolute atomic E-state index is 6.19. The molecule has 0 spiro atoms. The molecule has 0 amide bonds. The van der Waals surface area contributed by atoms with Crippen LogP contribution in [-0.4, -0.2) is 26.6 Å². The molecule has 2 heterocycles. The zero-order chi connectivity index (χ0) is 14.1. The average Bonchev–Trinajstić information content (AvgIpc) is 2.86. The van der Waals surface area contributed by atoms with E-state index in [0.29, 0.717) is 22.4 Å². The van der Waals surface area contributed by atoms with Crippen LogP contribution in [0.15, 0.2) is 30.9 Å². The van der Waals surface area contributed by atoms with Crippen molar-refractivity contribution in [3.63, 3.8) is 0 Å². The van der Waals surface area contributed by atoms with Crippen LogP contribution in [0.25, 0.3) is 11.2 Å². The molecule has 0 aliphatic carbocycles. The second-order valence-electron chi connectivity index (χ2n) is 4.22. The summed E-state index contributed by atoms with van der Waals surface area (Å²) in [5.41, 5.74) is 2.30. The van der Waals surface area contributed by atoms with Gasteiger partial charge in [-0.05, 0) is 12.1 Å². The molecule has 5 nitrogen and oxygen atoms in total. The molecule has 20 heavy (non-hydrogen) atoms. The van der Waals surface area contributed by atoms with Crippen molar-refractivity contribution in [2.45, 2.75) is 6.54 Å². The Morgan fingerprint density at radius 1 is 1.15 bits per heavy atom. The lowest BCUT2D eigenvalue weighted by Gasteiger charge is -2.08. The molecular weight excluding hydrogens is 297 g/mol. The molecule has 0 atom stereocenters. The summed E-state index contributed by atoms with van der Waals surface area (Å²) in [5, 5.41) is 4.25. The van der Waals surface area contributed by atoms with Crippen LogP contribution >= 0.6 is 23.2 Å². The van der Waals surface area contributed by atoms with Gasteiger partial charge >= 0.3 is 0 Å². The monoisotopic (exact) mass is 307 g/mol. The first-order valence-corrected chi connectivity index (χ1v) is 6.72. The summed E-state index contributed by atoms with van der Waals surface area (Å²) in [6.07, 6.45) is 3.21. The van der Waals surface area contributed by atoms with E-state index in [4.69, 9.17) is 23.2 Å². The van der Waals surface area contributed by atoms with Crippen LogP contribution < -0.4 is 5.32 Å². The second kappa shape index (κ2) is 5.26. The third-order valence-electron chi connectivity index (χ3n) is 3.03. The number of aromatic nitrogens is 4. The number of halogens is 2. The average molecular weight is 308 g/mol. The minimum Gasteiger partial charge on any atom is -0.371 e. The molecule has 7 heteroatoms. The molecule has 0 radical (unpaired) electrons. The standard InChI is InChI=1S/C13H11Cl2N5/c1-16-12-11-13(18-6-17-12)20(7-19-11)5-8-9(14)3-2-4-10(8)15/h2-4,6-7H,5H2,1H3,(H,16,17,18). The summed E-state index contributed by atoms with van der Waals surface area (Å²) in [6.45, 7) is 0.509. The molecule has 0 aliphatic heterocycles. The van der Waals surface area contributed by atoms with E-state index in [-0.39, 0.29) is 0 Å². The zero-order valence-electron chi connectivity index (χ0n) is 10.6. The van der Waals surface area contributed by atoms with E-state index in [1.54, 1.807) is 13.4 Å². The summed E-state index contributed by atoms with van der Waals surface area (Å²) < 4.78 is 1.89. The number of benzene rings is 1. The predicted octanol–water partition coefficient (Wildman–Crippen LogP) is 3.22. The lowest BCUT2D eigenvalue weighted by molar-refractivity contribution is 0.813. The van der Waals surface area contributed by atoms with Gasteiger partial charge in [-0.2, -0.15) is 0 Å². The Morgan fingerprint density at radius 2 is 1.90 bits per heavy atom. The van der Waals surface area contributed by atoms with Crippen molar-refractivity contribution in [3.8, 4) is 0 Å². The molecule has 3 aromatic rings. The molecule has 0 saturated carbocycles. The minimum absolute atomic E-state index is 0.509. The molecule has 1 N–H and O–H groups in total. The van der Waals surface area contributed by atoms with Crippen molar-refractivity contribution in [1.82, 2.24) is 19.5 Å². The van der Waals surface area contributed by atoms with Crippen molar-refractivity contribution in [2.24, 2.45) is 0 Å². The van der Waals surface area contributed by atoms with Gasteiger partial charge in [0.05, 0.1) is 12.9 Å². The number of anilines is 1. The SMILES string of the molecule is CNc1ncnc2c1ncn2Cc1c(Cl)cccc1Cl. The smallest absolute Gasteiger partial charge is 0.165 e. The lowest BCUT2D eigenvalue weighted by atomic mass is 10.2. The van der Waals surface area contributed by atoms with Crippen molar-refractivity contribution in [1.29, 1.82) is 0 Å². The van der Waals surface area contributed by atoms with Gasteiger partial charge in [0.2, 0.25) is 0 Å². The number of hydrogen-bond donors (Lipinski definition) is 1. The van der Waals surface area contributed by atoms with Gasteiger partial charge in [-0.3, -0.25) is 0 Å². The van der Waals surface area contributed by atoms with Gasteiger partial charge in [0.25, 0.3) is 0 Å². The first kappa shape index (κ1) is 13.1. The Hall–Kier alpha value is -1.85. The van der Waals surface area contributed by atoms with Crippen LogP contribution in [-0.2, 0) is 6.54 Å². The topological polar surface area (TPSA) is 55.6 Å². The molecule has 0 unspecified atom stereocenters. The minimum atomic E-state index is 0.509. The fourth-order valence-electron chi connectivity index (χ4n) is 2.03. The van der Waals surface area contributed by atoms with Crippen molar-refractivity contribution in [2.75, 3.05) is 12.4 Å². The van der Waals surface area contributed by atoms with Gasteiger partial charge in [0.15, 0.2) is 11.5 Å². The van der Waals surface area contributed by atoms with Crippen molar-refractivity contribution in [3.05, 3.63) is 46.5 Å². The largest absolute Gasteiger partial charge is 0.371 e. The van der Waals surface area contributed by atoms with Crippen molar-refractivity contribution >= 4 is 40.2 Å². The van der Waals surface area contributed by atoms with Gasteiger partial charge in [0.1, 0.15) is 11.8 Å². The first-order valence-electron chi connectivity index (χ1n) is 5.97. The van der Waals surface area contributed by atoms with Crippen LogP contribution in [0.3, 0.4) is 0 Å². The normalized spacial score (nSPS) is 10.9. The predicted molar refractivity (Wildman–Crippen MR) is 80.4 cm³/mol. The van der Waals surface area contributed by atoms with Crippen LogP contribution in [0.5, 0.6) is 0 Å². The van der Waals surface area contributed by atoms with Gasteiger partial charge in [-0.15, -0.1) is 0 Å². The fourth-order valence-corrected chi connectivity index (χ4v) is 2.55. The lowest BCUT2D eigenvalue weighted by Crippen LogP contribution is -2.02. The number of nitrogens with zero attached hydrogens (tertiary/aromatic N) is 4. The summed E-state index contributed by atoms with van der Waals surface area (Å²) >= 11 is 12.4. The van der Waals surface area contributed by atoms with E-state index in [0.717, 1.165) is 16.7 Å². The molecule has 0 fully saturated rings. The first-order chi connectivity index (χ1) is 9.70. The Morgan fingerprint density at radius 3 is 2.60 bits per heavy atom. The van der Waals surface area contributed by atoms with Crippen LogP contribution in [0.4, 0.5) is 5.82 Å². The van der Waals surface area contributed by atoms with E-state index in [1.807, 2.05) is 22.8 Å². The number of nitrogens with one attached hydrogen (secondary N) is 1. The Labute approximate surface area is 125 Å². The van der Waals surface area contributed by atoms with Crippen LogP contribution in [0.1, 0.15) is 5.56 Å². The maximum Gasteiger partial charge on any atom is 0.165 e. The van der Waals surface area contributed by atoms with E-state index in [2.05, 4.69) is 20.3 Å². The number of imidazole rings is 1. The Bertz CT molecular complexity index is 748. The van der Waals surface area contributed by atoms with E-state index >= 15 is 0 Å². The number of fused-ring (bicyclic) bond motifs is 1. The molecule has 3 rings (SSSR count). The fraction of sp³-hybridized carbons (Fsp3) is 0.154. The molecule has 0 aliphatic rings. The van der Waals surface area contributed by atoms with E-state index in [1.165, 1.54) is 6.33 Å². The summed E-state index contributed by atoms with van der Waals surface area (Å²) in [4.78, 5) is 12.7. The highest BCUT2D eigenvalue weighted by Gasteiger charge is 2.12. The Balaban J connectivity index is 2.08. The van der Waals surface area contributed by atoms with Gasteiger partial charge < -0.3 is 9.88 Å². The molecule has 102 valence electrons. The zero-order valence-corrected chi connectivity index (χ0v) is 12.2. The number of hydrogen-bond acceptors (Lipinski definition) is 4. The van der Waals surface area contributed by atoms with Crippen molar-refractivity contribution < 1.29 is 0 Å². The van der Waals surface area contributed by atoms with Crippen LogP contribution in [0, 0.1) is 0 Å². The van der Waals surface area contributed by atoms with Gasteiger partial charge in [0, 0.05) is 22.7 Å². The Kier molecular flexibility index (Phi) is 3.46. The van der Waals surface area contributed by atoms with E-state index < -0.39 is 0 Å². The maximum atomic E-state index is 6.19. The highest BCUT2D eigenvalue weighted by Crippen LogP contribution is 2.26. The third kappa shape index (κ3) is 2.19. The molecule has 0 bridgehead atoms. The van der Waals surface area contributed by atoms with Crippen LogP contribution in [0.2, 0.25) is 10.0 Å². The quantitative estimate of drug-likeness (QED) is 0.807. The highest BCUT2D eigenvalue weighted by atomic mass is 35.5. The molecular formula is C13H11Cl2N5. The van der Waals surface area contributed by atoms with Gasteiger partial charge in [-0.25, -0.2) is 15.0 Å². The second-order valence-corrected chi connectivity index (χ2v) is 5.03. The molecule has 0 saturated heterocycles. The number of rotatable bonds is 3. The summed E-state index contributed by atoms with van der Waals surface area (Å²) in [5.74, 6) is 0.694. The molecule has 2 aromatic heterocycles.